The molecule has 0 bridgehead atoms. The van der Waals surface area contributed by atoms with E-state index in [1.807, 2.05) is 26.0 Å². The fraction of sp³-hybridized carbons (Fsp3) is 0.417. The zero-order chi connectivity index (χ0) is 11.7. The van der Waals surface area contributed by atoms with E-state index in [-0.39, 0.29) is 0 Å². The average molecular weight is 219 g/mol. The molecule has 0 aliphatic rings. The van der Waals surface area contributed by atoms with Gasteiger partial charge in [0.25, 0.3) is 0 Å². The molecule has 2 heterocycles. The maximum atomic E-state index is 5.49. The van der Waals surface area contributed by atoms with E-state index in [1.165, 1.54) is 0 Å². The Morgan fingerprint density at radius 1 is 1.31 bits per heavy atom. The van der Waals surface area contributed by atoms with E-state index in [9.17, 15) is 0 Å². The summed E-state index contributed by atoms with van der Waals surface area (Å²) in [5.41, 5.74) is 2.05. The number of furan rings is 1. The topological polar surface area (TPSA) is 53.9 Å². The Balaban J connectivity index is 2.28. The van der Waals surface area contributed by atoms with Gasteiger partial charge >= 0.3 is 0 Å². The first kappa shape index (κ1) is 10.8. The SMILES string of the molecule is Cc1cc(-c2cc(NC(C)C)n[nH]2)c(C)o1. The van der Waals surface area contributed by atoms with Crippen molar-refractivity contribution in [3.05, 3.63) is 23.7 Å². The number of aryl methyl sites for hydroxylation is 2. The lowest BCUT2D eigenvalue weighted by Gasteiger charge is -2.04. The molecule has 2 N–H and O–H groups in total. The minimum absolute atomic E-state index is 0.378. The quantitative estimate of drug-likeness (QED) is 0.834. The molecule has 0 fully saturated rings. The van der Waals surface area contributed by atoms with Gasteiger partial charge in [-0.05, 0) is 33.8 Å². The summed E-state index contributed by atoms with van der Waals surface area (Å²) < 4.78 is 5.49. The van der Waals surface area contributed by atoms with E-state index in [1.54, 1.807) is 0 Å². The smallest absolute Gasteiger partial charge is 0.148 e. The summed E-state index contributed by atoms with van der Waals surface area (Å²) in [5.74, 6) is 2.70. The van der Waals surface area contributed by atoms with Crippen molar-refractivity contribution in [2.75, 3.05) is 5.32 Å². The summed E-state index contributed by atoms with van der Waals surface area (Å²) in [4.78, 5) is 0. The number of anilines is 1. The standard InChI is InChI=1S/C12H17N3O/c1-7(2)13-12-6-11(14-15-12)10-5-8(3)16-9(10)4/h5-7H,1-4H3,(H2,13,14,15). The molecule has 16 heavy (non-hydrogen) atoms. The Kier molecular flexibility index (Phi) is 2.73. The lowest BCUT2D eigenvalue weighted by Crippen LogP contribution is -2.09. The van der Waals surface area contributed by atoms with Crippen LogP contribution in [0.5, 0.6) is 0 Å². The molecule has 4 heteroatoms. The Morgan fingerprint density at radius 3 is 2.62 bits per heavy atom. The summed E-state index contributed by atoms with van der Waals surface area (Å²) in [6.45, 7) is 8.07. The number of hydrogen-bond acceptors (Lipinski definition) is 3. The van der Waals surface area contributed by atoms with Crippen LogP contribution in [0.15, 0.2) is 16.5 Å². The minimum atomic E-state index is 0.378. The third-order valence-corrected chi connectivity index (χ3v) is 2.35. The predicted molar refractivity (Wildman–Crippen MR) is 64.5 cm³/mol. The maximum absolute atomic E-state index is 5.49. The van der Waals surface area contributed by atoms with Gasteiger partial charge in [0, 0.05) is 17.7 Å². The molecular formula is C12H17N3O. The first-order chi connectivity index (χ1) is 7.56. The number of nitrogens with zero attached hydrogens (tertiary/aromatic N) is 1. The van der Waals surface area contributed by atoms with Crippen LogP contribution in [0.2, 0.25) is 0 Å². The number of aromatic nitrogens is 2. The minimum Gasteiger partial charge on any atom is -0.466 e. The largest absolute Gasteiger partial charge is 0.466 e. The van der Waals surface area contributed by atoms with Crippen LogP contribution in [0.25, 0.3) is 11.3 Å². The highest BCUT2D eigenvalue weighted by molar-refractivity contribution is 5.65. The molecule has 0 spiro atoms. The van der Waals surface area contributed by atoms with E-state index >= 15 is 0 Å². The average Bonchev–Trinajstić information content (AvgIpc) is 2.72. The zero-order valence-corrected chi connectivity index (χ0v) is 10.1. The van der Waals surface area contributed by atoms with Gasteiger partial charge in [0.05, 0.1) is 5.69 Å². The lowest BCUT2D eigenvalue weighted by atomic mass is 10.2. The van der Waals surface area contributed by atoms with Crippen molar-refractivity contribution in [1.82, 2.24) is 10.2 Å². The van der Waals surface area contributed by atoms with Gasteiger partial charge in [0.15, 0.2) is 0 Å². The maximum Gasteiger partial charge on any atom is 0.148 e. The van der Waals surface area contributed by atoms with Gasteiger partial charge in [-0.25, -0.2) is 0 Å². The van der Waals surface area contributed by atoms with Crippen molar-refractivity contribution < 1.29 is 4.42 Å². The van der Waals surface area contributed by atoms with E-state index in [0.29, 0.717) is 6.04 Å². The molecule has 0 aliphatic carbocycles. The normalized spacial score (nSPS) is 11.1. The van der Waals surface area contributed by atoms with Crippen LogP contribution in [0.3, 0.4) is 0 Å². The molecule has 0 amide bonds. The van der Waals surface area contributed by atoms with Crippen molar-refractivity contribution in [3.8, 4) is 11.3 Å². The summed E-state index contributed by atoms with van der Waals surface area (Å²) >= 11 is 0. The molecule has 4 nitrogen and oxygen atoms in total. The Hall–Kier alpha value is -1.71. The third kappa shape index (κ3) is 2.10. The fourth-order valence-electron chi connectivity index (χ4n) is 1.73. The Labute approximate surface area is 95.1 Å². The van der Waals surface area contributed by atoms with Gasteiger partial charge in [-0.3, -0.25) is 5.10 Å². The summed E-state index contributed by atoms with van der Waals surface area (Å²) in [7, 11) is 0. The molecule has 0 saturated heterocycles. The van der Waals surface area contributed by atoms with E-state index < -0.39 is 0 Å². The van der Waals surface area contributed by atoms with Gasteiger partial charge in [0.2, 0.25) is 0 Å². The number of hydrogen-bond donors (Lipinski definition) is 2. The molecule has 0 aliphatic heterocycles. The molecule has 2 rings (SSSR count). The van der Waals surface area contributed by atoms with Gasteiger partial charge < -0.3 is 9.73 Å². The number of rotatable bonds is 3. The predicted octanol–water partition coefficient (Wildman–Crippen LogP) is 3.11. The van der Waals surface area contributed by atoms with Crippen molar-refractivity contribution in [3.63, 3.8) is 0 Å². The molecule has 0 saturated carbocycles. The molecule has 86 valence electrons. The molecule has 2 aromatic heterocycles. The first-order valence-corrected chi connectivity index (χ1v) is 5.45. The molecule has 0 unspecified atom stereocenters. The van der Waals surface area contributed by atoms with Crippen LogP contribution < -0.4 is 5.32 Å². The highest BCUT2D eigenvalue weighted by Crippen LogP contribution is 2.26. The van der Waals surface area contributed by atoms with Crippen LogP contribution in [-0.2, 0) is 0 Å². The number of H-pyrrole nitrogens is 1. The first-order valence-electron chi connectivity index (χ1n) is 5.45. The van der Waals surface area contributed by atoms with Crippen molar-refractivity contribution in [2.45, 2.75) is 33.7 Å². The van der Waals surface area contributed by atoms with Crippen LogP contribution in [0, 0.1) is 13.8 Å². The highest BCUT2D eigenvalue weighted by Gasteiger charge is 2.10. The van der Waals surface area contributed by atoms with Crippen LogP contribution in [0.4, 0.5) is 5.82 Å². The second-order valence-corrected chi connectivity index (χ2v) is 4.29. The molecular weight excluding hydrogens is 202 g/mol. The van der Waals surface area contributed by atoms with Crippen molar-refractivity contribution >= 4 is 5.82 Å². The Bertz CT molecular complexity index is 482. The molecule has 0 atom stereocenters. The summed E-state index contributed by atoms with van der Waals surface area (Å²) in [5, 5.41) is 10.5. The van der Waals surface area contributed by atoms with Gasteiger partial charge in [0.1, 0.15) is 17.3 Å². The monoisotopic (exact) mass is 219 g/mol. The second kappa shape index (κ2) is 4.04. The zero-order valence-electron chi connectivity index (χ0n) is 10.1. The highest BCUT2D eigenvalue weighted by atomic mass is 16.3. The van der Waals surface area contributed by atoms with Crippen molar-refractivity contribution in [1.29, 1.82) is 0 Å². The summed E-state index contributed by atoms with van der Waals surface area (Å²) in [6.07, 6.45) is 0. The van der Waals surface area contributed by atoms with Crippen LogP contribution >= 0.6 is 0 Å². The second-order valence-electron chi connectivity index (χ2n) is 4.29. The third-order valence-electron chi connectivity index (χ3n) is 2.35. The van der Waals surface area contributed by atoms with Gasteiger partial charge in [-0.2, -0.15) is 5.10 Å². The van der Waals surface area contributed by atoms with Crippen molar-refractivity contribution in [2.24, 2.45) is 0 Å². The van der Waals surface area contributed by atoms with Gasteiger partial charge in [-0.1, -0.05) is 0 Å². The molecule has 2 aromatic rings. The number of nitrogens with one attached hydrogen (secondary N) is 2. The van der Waals surface area contributed by atoms with E-state index in [4.69, 9.17) is 4.42 Å². The van der Waals surface area contributed by atoms with Crippen LogP contribution in [0.1, 0.15) is 25.4 Å². The Morgan fingerprint density at radius 2 is 2.06 bits per heavy atom. The lowest BCUT2D eigenvalue weighted by molar-refractivity contribution is 0.505. The van der Waals surface area contributed by atoms with E-state index in [0.717, 1.165) is 28.6 Å². The fourth-order valence-corrected chi connectivity index (χ4v) is 1.73. The summed E-state index contributed by atoms with van der Waals surface area (Å²) in [6, 6.07) is 4.39. The number of aromatic amines is 1. The molecule has 0 radical (unpaired) electrons. The van der Waals surface area contributed by atoms with Crippen LogP contribution in [-0.4, -0.2) is 16.2 Å². The van der Waals surface area contributed by atoms with E-state index in [2.05, 4.69) is 29.4 Å². The van der Waals surface area contributed by atoms with Gasteiger partial charge in [-0.15, -0.1) is 0 Å². The molecule has 0 aromatic carbocycles.